The zero-order valence-electron chi connectivity index (χ0n) is 11.0. The summed E-state index contributed by atoms with van der Waals surface area (Å²) in [5, 5.41) is 11.7. The van der Waals surface area contributed by atoms with Gasteiger partial charge in [0.15, 0.2) is 0 Å². The Morgan fingerprint density at radius 1 is 1.47 bits per heavy atom. The molecule has 1 atom stereocenters. The minimum atomic E-state index is 0.429. The number of hydrogen-bond donors (Lipinski definition) is 1. The first-order valence-electron chi connectivity index (χ1n) is 6.89. The monoisotopic (exact) mass is 236 g/mol. The highest BCUT2D eigenvalue weighted by atomic mass is 15.4. The maximum absolute atomic E-state index is 4.05. The average Bonchev–Trinajstić information content (AvgIpc) is 2.95. The van der Waals surface area contributed by atoms with Crippen LogP contribution in [0.5, 0.6) is 0 Å². The van der Waals surface area contributed by atoms with Crippen molar-refractivity contribution in [2.24, 2.45) is 13.0 Å². The Kier molecular flexibility index (Phi) is 4.54. The van der Waals surface area contributed by atoms with E-state index in [2.05, 4.69) is 22.6 Å². The van der Waals surface area contributed by atoms with Crippen molar-refractivity contribution in [2.75, 3.05) is 6.54 Å². The Bertz CT molecular complexity index is 328. The van der Waals surface area contributed by atoms with Gasteiger partial charge in [-0.15, -0.1) is 5.10 Å². The maximum Gasteiger partial charge on any atom is 0.0753 e. The third kappa shape index (κ3) is 3.28. The van der Waals surface area contributed by atoms with Crippen LogP contribution in [0, 0.1) is 5.92 Å². The van der Waals surface area contributed by atoms with Gasteiger partial charge in [-0.25, -0.2) is 0 Å². The Morgan fingerprint density at radius 3 is 2.82 bits per heavy atom. The topological polar surface area (TPSA) is 42.7 Å². The van der Waals surface area contributed by atoms with Gasteiger partial charge in [-0.1, -0.05) is 37.8 Å². The molecule has 17 heavy (non-hydrogen) atoms. The normalized spacial score (nSPS) is 18.7. The predicted octanol–water partition coefficient (Wildman–Crippen LogP) is 2.44. The molecule has 0 amide bonds. The van der Waals surface area contributed by atoms with E-state index < -0.39 is 0 Å². The molecule has 2 rings (SSSR count). The molecule has 1 aliphatic rings. The zero-order chi connectivity index (χ0) is 12.1. The molecule has 0 aromatic carbocycles. The van der Waals surface area contributed by atoms with Gasteiger partial charge < -0.3 is 5.32 Å². The summed E-state index contributed by atoms with van der Waals surface area (Å²) in [7, 11) is 1.98. The minimum Gasteiger partial charge on any atom is -0.309 e. The van der Waals surface area contributed by atoms with Crippen molar-refractivity contribution >= 4 is 0 Å². The molecule has 1 aromatic rings. The van der Waals surface area contributed by atoms with Crippen molar-refractivity contribution in [2.45, 2.75) is 51.5 Å². The third-order valence-electron chi connectivity index (χ3n) is 3.79. The molecule has 1 unspecified atom stereocenters. The van der Waals surface area contributed by atoms with E-state index in [-0.39, 0.29) is 0 Å². The fraction of sp³-hybridized carbons (Fsp3) is 0.846. The van der Waals surface area contributed by atoms with Crippen molar-refractivity contribution < 1.29 is 0 Å². The van der Waals surface area contributed by atoms with E-state index in [4.69, 9.17) is 0 Å². The summed E-state index contributed by atoms with van der Waals surface area (Å²) in [5.41, 5.74) is 1.23. The molecule has 1 fully saturated rings. The lowest BCUT2D eigenvalue weighted by molar-refractivity contribution is 0.380. The van der Waals surface area contributed by atoms with E-state index >= 15 is 0 Å². The summed E-state index contributed by atoms with van der Waals surface area (Å²) < 4.78 is 1.91. The number of aryl methyl sites for hydroxylation is 1. The van der Waals surface area contributed by atoms with Gasteiger partial charge in [0, 0.05) is 7.05 Å². The molecule has 1 aromatic heterocycles. The van der Waals surface area contributed by atoms with E-state index in [9.17, 15) is 0 Å². The number of nitrogens with zero attached hydrogens (tertiary/aromatic N) is 3. The number of aromatic nitrogens is 3. The maximum atomic E-state index is 4.05. The van der Waals surface area contributed by atoms with Crippen LogP contribution >= 0.6 is 0 Å². The largest absolute Gasteiger partial charge is 0.309 e. The summed E-state index contributed by atoms with van der Waals surface area (Å²) in [4.78, 5) is 0. The molecule has 0 aliphatic heterocycles. The first-order chi connectivity index (χ1) is 8.31. The predicted molar refractivity (Wildman–Crippen MR) is 68.6 cm³/mol. The van der Waals surface area contributed by atoms with Gasteiger partial charge >= 0.3 is 0 Å². The van der Waals surface area contributed by atoms with Crippen LogP contribution < -0.4 is 5.32 Å². The summed E-state index contributed by atoms with van der Waals surface area (Å²) in [6.07, 6.45) is 9.94. The SMILES string of the molecule is CCCNC(CC1CCCC1)c1cnnn1C. The lowest BCUT2D eigenvalue weighted by Gasteiger charge is -2.21. The van der Waals surface area contributed by atoms with Crippen LogP contribution in [0.3, 0.4) is 0 Å². The number of nitrogens with one attached hydrogen (secondary N) is 1. The van der Waals surface area contributed by atoms with E-state index in [1.165, 1.54) is 44.2 Å². The summed E-state index contributed by atoms with van der Waals surface area (Å²) in [6, 6.07) is 0.429. The molecule has 4 nitrogen and oxygen atoms in total. The van der Waals surface area contributed by atoms with Crippen LogP contribution in [0.25, 0.3) is 0 Å². The zero-order valence-corrected chi connectivity index (χ0v) is 11.0. The molecule has 0 radical (unpaired) electrons. The van der Waals surface area contributed by atoms with Gasteiger partial charge in [0.1, 0.15) is 0 Å². The fourth-order valence-electron chi connectivity index (χ4n) is 2.82. The van der Waals surface area contributed by atoms with E-state index in [1.54, 1.807) is 0 Å². The van der Waals surface area contributed by atoms with Gasteiger partial charge in [-0.3, -0.25) is 4.68 Å². The van der Waals surface area contributed by atoms with Crippen molar-refractivity contribution in [3.8, 4) is 0 Å². The van der Waals surface area contributed by atoms with Crippen LogP contribution in [-0.2, 0) is 7.05 Å². The number of hydrogen-bond acceptors (Lipinski definition) is 3. The molecule has 4 heteroatoms. The van der Waals surface area contributed by atoms with Crippen LogP contribution in [0.4, 0.5) is 0 Å². The lowest BCUT2D eigenvalue weighted by atomic mass is 9.96. The van der Waals surface area contributed by atoms with Gasteiger partial charge in [0.25, 0.3) is 0 Å². The number of rotatable bonds is 6. The lowest BCUT2D eigenvalue weighted by Crippen LogP contribution is -2.26. The summed E-state index contributed by atoms with van der Waals surface area (Å²) >= 11 is 0. The molecule has 1 saturated carbocycles. The third-order valence-corrected chi connectivity index (χ3v) is 3.79. The second-order valence-corrected chi connectivity index (χ2v) is 5.18. The highest BCUT2D eigenvalue weighted by molar-refractivity contribution is 5.02. The smallest absolute Gasteiger partial charge is 0.0753 e. The van der Waals surface area contributed by atoms with Crippen LogP contribution in [-0.4, -0.2) is 21.5 Å². The van der Waals surface area contributed by atoms with E-state index in [1.807, 2.05) is 17.9 Å². The Morgan fingerprint density at radius 2 is 2.24 bits per heavy atom. The highest BCUT2D eigenvalue weighted by Gasteiger charge is 2.22. The molecule has 1 N–H and O–H groups in total. The van der Waals surface area contributed by atoms with Crippen molar-refractivity contribution in [1.29, 1.82) is 0 Å². The molecule has 0 bridgehead atoms. The van der Waals surface area contributed by atoms with Gasteiger partial charge in [0.2, 0.25) is 0 Å². The molecular weight excluding hydrogens is 212 g/mol. The van der Waals surface area contributed by atoms with Gasteiger partial charge in [0.05, 0.1) is 17.9 Å². The molecule has 0 saturated heterocycles. The molecule has 1 aliphatic carbocycles. The van der Waals surface area contributed by atoms with Crippen LogP contribution in [0.15, 0.2) is 6.20 Å². The second kappa shape index (κ2) is 6.15. The van der Waals surface area contributed by atoms with Gasteiger partial charge in [-0.05, 0) is 25.3 Å². The Balaban J connectivity index is 1.99. The van der Waals surface area contributed by atoms with Crippen LogP contribution in [0.2, 0.25) is 0 Å². The second-order valence-electron chi connectivity index (χ2n) is 5.18. The van der Waals surface area contributed by atoms with Gasteiger partial charge in [-0.2, -0.15) is 0 Å². The van der Waals surface area contributed by atoms with Crippen molar-refractivity contribution in [3.05, 3.63) is 11.9 Å². The molecule has 0 spiro atoms. The highest BCUT2D eigenvalue weighted by Crippen LogP contribution is 2.32. The summed E-state index contributed by atoms with van der Waals surface area (Å²) in [6.45, 7) is 3.28. The quantitative estimate of drug-likeness (QED) is 0.825. The standard InChI is InChI=1S/C13H24N4/c1-3-8-14-12(9-11-6-4-5-7-11)13-10-15-16-17(13)2/h10-12,14H,3-9H2,1-2H3. The Labute approximate surface area is 104 Å². The van der Waals surface area contributed by atoms with Crippen molar-refractivity contribution in [1.82, 2.24) is 20.3 Å². The Hall–Kier alpha value is -0.900. The molecule has 1 heterocycles. The summed E-state index contributed by atoms with van der Waals surface area (Å²) in [5.74, 6) is 0.888. The average molecular weight is 236 g/mol. The molecule has 96 valence electrons. The van der Waals surface area contributed by atoms with Crippen LogP contribution in [0.1, 0.15) is 57.2 Å². The van der Waals surface area contributed by atoms with E-state index in [0.717, 1.165) is 12.5 Å². The molecular formula is C13H24N4. The fourth-order valence-corrected chi connectivity index (χ4v) is 2.82. The minimum absolute atomic E-state index is 0.429. The first kappa shape index (κ1) is 12.6. The van der Waals surface area contributed by atoms with Crippen molar-refractivity contribution in [3.63, 3.8) is 0 Å². The van der Waals surface area contributed by atoms with E-state index in [0.29, 0.717) is 6.04 Å². The first-order valence-corrected chi connectivity index (χ1v) is 6.89.